The SMILES string of the molecule is C=CCCN1C(C)(C)CC(c2ccc(C3CCC(C4CCC(/C=C/C)CC4)CC3)cc2F)CC1(C)C. The second-order valence-electron chi connectivity index (χ2n) is 13.6. The van der Waals surface area contributed by atoms with Crippen LogP contribution in [0.15, 0.2) is 43.0 Å². The number of hydrogen-bond acceptors (Lipinski definition) is 1. The largest absolute Gasteiger partial charge is 0.293 e. The highest BCUT2D eigenvalue weighted by atomic mass is 19.1. The Labute approximate surface area is 221 Å². The summed E-state index contributed by atoms with van der Waals surface area (Å²) in [6.45, 7) is 16.4. The summed E-state index contributed by atoms with van der Waals surface area (Å²) in [6.07, 6.45) is 20.4. The van der Waals surface area contributed by atoms with Crippen LogP contribution in [0.2, 0.25) is 0 Å². The van der Waals surface area contributed by atoms with Crippen molar-refractivity contribution in [1.29, 1.82) is 0 Å². The summed E-state index contributed by atoms with van der Waals surface area (Å²) in [5.74, 6) is 3.49. The third-order valence-electron chi connectivity index (χ3n) is 10.2. The average Bonchev–Trinajstić information content (AvgIpc) is 2.83. The number of halogens is 1. The number of piperidine rings is 1. The molecule has 0 bridgehead atoms. The van der Waals surface area contributed by atoms with E-state index in [4.69, 9.17) is 0 Å². The molecule has 1 aliphatic heterocycles. The molecule has 2 aliphatic carbocycles. The summed E-state index contributed by atoms with van der Waals surface area (Å²) in [7, 11) is 0. The van der Waals surface area contributed by atoms with Crippen LogP contribution in [0.1, 0.15) is 128 Å². The minimum absolute atomic E-state index is 0.0352. The van der Waals surface area contributed by atoms with Crippen molar-refractivity contribution in [1.82, 2.24) is 4.90 Å². The topological polar surface area (TPSA) is 3.24 Å². The highest BCUT2D eigenvalue weighted by Gasteiger charge is 2.45. The van der Waals surface area contributed by atoms with Gasteiger partial charge in [0.1, 0.15) is 5.82 Å². The quantitative estimate of drug-likeness (QED) is 0.342. The molecule has 200 valence electrons. The van der Waals surface area contributed by atoms with Gasteiger partial charge in [-0.05, 0) is 152 Å². The molecule has 0 spiro atoms. The van der Waals surface area contributed by atoms with E-state index in [2.05, 4.69) is 70.4 Å². The zero-order valence-electron chi connectivity index (χ0n) is 23.9. The van der Waals surface area contributed by atoms with Gasteiger partial charge in [0, 0.05) is 17.6 Å². The van der Waals surface area contributed by atoms with E-state index in [0.29, 0.717) is 5.92 Å². The molecule has 3 aliphatic rings. The molecule has 0 aromatic heterocycles. The zero-order chi connectivity index (χ0) is 25.9. The van der Waals surface area contributed by atoms with Crippen molar-refractivity contribution < 1.29 is 4.39 Å². The zero-order valence-corrected chi connectivity index (χ0v) is 23.9. The number of likely N-dealkylation sites (tertiary alicyclic amines) is 1. The van der Waals surface area contributed by atoms with Gasteiger partial charge in [-0.25, -0.2) is 4.39 Å². The fourth-order valence-electron chi connectivity index (χ4n) is 8.50. The van der Waals surface area contributed by atoms with Gasteiger partial charge < -0.3 is 0 Å². The lowest BCUT2D eigenvalue weighted by molar-refractivity contribution is -0.0350. The monoisotopic (exact) mass is 493 g/mol. The van der Waals surface area contributed by atoms with Crippen molar-refractivity contribution in [3.8, 4) is 0 Å². The van der Waals surface area contributed by atoms with Crippen LogP contribution in [0.5, 0.6) is 0 Å². The van der Waals surface area contributed by atoms with Crippen LogP contribution < -0.4 is 0 Å². The van der Waals surface area contributed by atoms with Gasteiger partial charge in [0.15, 0.2) is 0 Å². The molecule has 36 heavy (non-hydrogen) atoms. The van der Waals surface area contributed by atoms with E-state index in [1.54, 1.807) is 0 Å². The Balaban J connectivity index is 1.37. The summed E-state index contributed by atoms with van der Waals surface area (Å²) in [4.78, 5) is 2.62. The van der Waals surface area contributed by atoms with Crippen LogP contribution >= 0.6 is 0 Å². The van der Waals surface area contributed by atoms with Gasteiger partial charge in [-0.2, -0.15) is 0 Å². The molecule has 1 saturated heterocycles. The van der Waals surface area contributed by atoms with E-state index < -0.39 is 0 Å². The van der Waals surface area contributed by atoms with Crippen molar-refractivity contribution in [2.75, 3.05) is 6.54 Å². The predicted octanol–water partition coefficient (Wildman–Crippen LogP) is 9.79. The van der Waals surface area contributed by atoms with E-state index in [1.807, 2.05) is 12.1 Å². The molecule has 1 aromatic rings. The molecule has 0 radical (unpaired) electrons. The van der Waals surface area contributed by atoms with Gasteiger partial charge in [-0.3, -0.25) is 4.90 Å². The van der Waals surface area contributed by atoms with E-state index in [0.717, 1.165) is 49.1 Å². The Bertz CT molecular complexity index is 878. The van der Waals surface area contributed by atoms with Crippen molar-refractivity contribution >= 4 is 0 Å². The molecule has 2 saturated carbocycles. The van der Waals surface area contributed by atoms with Crippen molar-refractivity contribution in [3.05, 3.63) is 60.0 Å². The molecule has 0 amide bonds. The molecular formula is C34H52FN. The molecule has 2 heteroatoms. The number of hydrogen-bond donors (Lipinski definition) is 0. The maximum Gasteiger partial charge on any atom is 0.126 e. The lowest BCUT2D eigenvalue weighted by Crippen LogP contribution is -2.60. The Morgan fingerprint density at radius 2 is 1.47 bits per heavy atom. The molecule has 3 fully saturated rings. The smallest absolute Gasteiger partial charge is 0.126 e. The minimum atomic E-state index is 0.0352. The van der Waals surface area contributed by atoms with E-state index in [9.17, 15) is 0 Å². The van der Waals surface area contributed by atoms with Crippen LogP contribution in [0.3, 0.4) is 0 Å². The van der Waals surface area contributed by atoms with E-state index in [1.165, 1.54) is 56.9 Å². The normalized spacial score (nSPS) is 31.5. The highest BCUT2D eigenvalue weighted by Crippen LogP contribution is 2.48. The average molecular weight is 494 g/mol. The highest BCUT2D eigenvalue weighted by molar-refractivity contribution is 5.31. The molecule has 4 rings (SSSR count). The Kier molecular flexibility index (Phi) is 8.86. The van der Waals surface area contributed by atoms with Gasteiger partial charge in [-0.1, -0.05) is 30.4 Å². The fraction of sp³-hybridized carbons (Fsp3) is 0.706. The second kappa shape index (κ2) is 11.5. The van der Waals surface area contributed by atoms with E-state index in [-0.39, 0.29) is 22.8 Å². The van der Waals surface area contributed by atoms with E-state index >= 15 is 4.39 Å². The first-order chi connectivity index (χ1) is 17.1. The summed E-state index contributed by atoms with van der Waals surface area (Å²) >= 11 is 0. The predicted molar refractivity (Wildman–Crippen MR) is 153 cm³/mol. The van der Waals surface area contributed by atoms with Crippen LogP contribution in [-0.2, 0) is 0 Å². The number of rotatable bonds is 7. The van der Waals surface area contributed by atoms with Gasteiger partial charge in [0.25, 0.3) is 0 Å². The molecule has 0 unspecified atom stereocenters. The maximum absolute atomic E-state index is 15.6. The number of nitrogens with zero attached hydrogens (tertiary/aromatic N) is 1. The van der Waals surface area contributed by atoms with Crippen LogP contribution in [0.4, 0.5) is 4.39 Å². The van der Waals surface area contributed by atoms with Crippen molar-refractivity contribution in [2.24, 2.45) is 17.8 Å². The summed E-state index contributed by atoms with van der Waals surface area (Å²) in [6, 6.07) is 6.33. The minimum Gasteiger partial charge on any atom is -0.293 e. The Morgan fingerprint density at radius 3 is 2.00 bits per heavy atom. The summed E-state index contributed by atoms with van der Waals surface area (Å²) < 4.78 is 15.6. The van der Waals surface area contributed by atoms with Crippen molar-refractivity contribution in [2.45, 2.75) is 128 Å². The number of benzene rings is 1. The Morgan fingerprint density at radius 1 is 0.889 bits per heavy atom. The summed E-state index contributed by atoms with van der Waals surface area (Å²) in [5, 5.41) is 0. The van der Waals surface area contributed by atoms with Crippen molar-refractivity contribution in [3.63, 3.8) is 0 Å². The lowest BCUT2D eigenvalue weighted by Gasteiger charge is -2.55. The molecular weight excluding hydrogens is 441 g/mol. The maximum atomic E-state index is 15.6. The molecule has 0 atom stereocenters. The van der Waals surface area contributed by atoms with Gasteiger partial charge >= 0.3 is 0 Å². The first-order valence-corrected chi connectivity index (χ1v) is 15.0. The summed E-state index contributed by atoms with van der Waals surface area (Å²) in [5.41, 5.74) is 2.28. The molecule has 1 nitrogen and oxygen atoms in total. The molecule has 1 heterocycles. The number of allylic oxidation sites excluding steroid dienone is 2. The third-order valence-corrected chi connectivity index (χ3v) is 10.2. The first-order valence-electron chi connectivity index (χ1n) is 15.0. The lowest BCUT2D eigenvalue weighted by atomic mass is 9.68. The van der Waals surface area contributed by atoms with Gasteiger partial charge in [0.2, 0.25) is 0 Å². The Hall–Kier alpha value is -1.41. The molecule has 0 N–H and O–H groups in total. The first kappa shape index (κ1) is 27.6. The van der Waals surface area contributed by atoms with Crippen LogP contribution in [0.25, 0.3) is 0 Å². The standard InChI is InChI=1S/C34H52FN/c1-7-9-21-36-33(3,4)23-30(24-34(36,5)6)31-20-19-29(22-32(31)35)28-17-15-27(16-18-28)26-13-11-25(10-8-2)12-14-26/h7-8,10,19-20,22,25-28,30H,1,9,11-18,21,23-24H2,2-6H3/b10-8+. The molecule has 1 aromatic carbocycles. The van der Waals surface area contributed by atoms with Gasteiger partial charge in [-0.15, -0.1) is 6.58 Å². The fourth-order valence-corrected chi connectivity index (χ4v) is 8.50. The van der Waals surface area contributed by atoms with Crippen LogP contribution in [-0.4, -0.2) is 22.5 Å². The second-order valence-corrected chi connectivity index (χ2v) is 13.6. The third kappa shape index (κ3) is 6.17. The van der Waals surface area contributed by atoms with Gasteiger partial charge in [0.05, 0.1) is 0 Å². The van der Waals surface area contributed by atoms with Crippen LogP contribution in [0, 0.1) is 23.6 Å².